The van der Waals surface area contributed by atoms with Crippen LogP contribution in [0.25, 0.3) is 22.4 Å². The number of nitrogens with one attached hydrogen (secondary N) is 2. The molecule has 3 heterocycles. The summed E-state index contributed by atoms with van der Waals surface area (Å²) in [5.74, 6) is 0. The fourth-order valence-electron chi connectivity index (χ4n) is 2.57. The lowest BCUT2D eigenvalue weighted by molar-refractivity contribution is 0.349. The summed E-state index contributed by atoms with van der Waals surface area (Å²) in [6.45, 7) is 14.2. The van der Waals surface area contributed by atoms with Crippen molar-refractivity contribution in [2.24, 2.45) is 7.05 Å². The standard InChI is InChI=1S/C12H11N3.C8H20N2.C3H6/c1-15-7-3-5-11(15)10-8-9-4-2-6-13-12(9)14-10;1-4-6-9-7-8-10(3)5-2;1-3-2/h2-8H,1H3,(H,13,14);9H,4-8H2,1-3H3;3H,1H2,2H3. The highest BCUT2D eigenvalue weighted by atomic mass is 15.1. The highest BCUT2D eigenvalue weighted by Gasteiger charge is 2.05. The number of allylic oxidation sites excluding steroid dienone is 1. The molecule has 154 valence electrons. The summed E-state index contributed by atoms with van der Waals surface area (Å²) < 4.78 is 2.09. The van der Waals surface area contributed by atoms with Crippen LogP contribution in [0.1, 0.15) is 27.2 Å². The SMILES string of the molecule is C=CC.CCCNCCN(C)CC.Cn1cccc1-c1cc2cccnc2[nH]1. The molecule has 0 aliphatic carbocycles. The van der Waals surface area contributed by atoms with Gasteiger partial charge in [0.25, 0.3) is 0 Å². The molecule has 3 rings (SSSR count). The van der Waals surface area contributed by atoms with E-state index in [1.54, 1.807) is 12.3 Å². The van der Waals surface area contributed by atoms with Gasteiger partial charge in [0, 0.05) is 37.9 Å². The Bertz CT molecular complexity index is 754. The normalized spacial score (nSPS) is 10.2. The molecular weight excluding hydrogens is 346 g/mol. The number of rotatable bonds is 7. The van der Waals surface area contributed by atoms with Crippen LogP contribution in [-0.2, 0) is 7.05 Å². The van der Waals surface area contributed by atoms with E-state index in [2.05, 4.69) is 70.4 Å². The number of aromatic amines is 1. The van der Waals surface area contributed by atoms with Crippen LogP contribution in [0.2, 0.25) is 0 Å². The molecular formula is C23H37N5. The average molecular weight is 384 g/mol. The Labute approximate surface area is 170 Å². The van der Waals surface area contributed by atoms with E-state index in [1.807, 2.05) is 32.3 Å². The number of hydrogen-bond donors (Lipinski definition) is 2. The summed E-state index contributed by atoms with van der Waals surface area (Å²) in [6.07, 6.45) is 6.82. The third-order valence-corrected chi connectivity index (χ3v) is 4.25. The molecule has 0 saturated carbocycles. The second-order valence-corrected chi connectivity index (χ2v) is 6.68. The van der Waals surface area contributed by atoms with Gasteiger partial charge in [-0.05, 0) is 63.8 Å². The first-order valence-electron chi connectivity index (χ1n) is 10.1. The summed E-state index contributed by atoms with van der Waals surface area (Å²) in [5.41, 5.74) is 3.22. The smallest absolute Gasteiger partial charge is 0.137 e. The van der Waals surface area contributed by atoms with Gasteiger partial charge in [0.05, 0.1) is 11.4 Å². The lowest BCUT2D eigenvalue weighted by atomic mass is 10.3. The molecule has 3 aromatic rings. The maximum Gasteiger partial charge on any atom is 0.137 e. The monoisotopic (exact) mass is 383 g/mol. The van der Waals surface area contributed by atoms with Crippen LogP contribution in [0.3, 0.4) is 0 Å². The fourth-order valence-corrected chi connectivity index (χ4v) is 2.57. The van der Waals surface area contributed by atoms with Gasteiger partial charge in [0.1, 0.15) is 5.65 Å². The average Bonchev–Trinajstić information content (AvgIpc) is 3.31. The number of aryl methyl sites for hydroxylation is 1. The number of fused-ring (bicyclic) bond motifs is 1. The topological polar surface area (TPSA) is 48.9 Å². The molecule has 0 amide bonds. The van der Waals surface area contributed by atoms with Gasteiger partial charge in [-0.15, -0.1) is 6.58 Å². The van der Waals surface area contributed by atoms with Crippen molar-refractivity contribution in [2.75, 3.05) is 33.2 Å². The molecule has 0 aliphatic heterocycles. The zero-order valence-corrected chi connectivity index (χ0v) is 18.2. The molecule has 0 spiro atoms. The van der Waals surface area contributed by atoms with Gasteiger partial charge in [-0.25, -0.2) is 4.98 Å². The number of H-pyrrole nitrogens is 1. The predicted molar refractivity (Wildman–Crippen MR) is 123 cm³/mol. The molecule has 0 saturated heterocycles. The summed E-state index contributed by atoms with van der Waals surface area (Å²) in [5, 5.41) is 4.51. The minimum atomic E-state index is 0.939. The molecule has 0 fully saturated rings. The summed E-state index contributed by atoms with van der Waals surface area (Å²) >= 11 is 0. The minimum Gasteiger partial charge on any atom is -0.349 e. The van der Waals surface area contributed by atoms with Crippen molar-refractivity contribution in [1.82, 2.24) is 24.8 Å². The second-order valence-electron chi connectivity index (χ2n) is 6.68. The zero-order valence-electron chi connectivity index (χ0n) is 18.2. The Morgan fingerprint density at radius 3 is 2.57 bits per heavy atom. The predicted octanol–water partition coefficient (Wildman–Crippen LogP) is 4.70. The van der Waals surface area contributed by atoms with Gasteiger partial charge in [0.2, 0.25) is 0 Å². The van der Waals surface area contributed by atoms with Crippen LogP contribution >= 0.6 is 0 Å². The van der Waals surface area contributed by atoms with E-state index in [9.17, 15) is 0 Å². The van der Waals surface area contributed by atoms with Gasteiger partial charge < -0.3 is 19.8 Å². The molecule has 2 N–H and O–H groups in total. The molecule has 0 aliphatic rings. The van der Waals surface area contributed by atoms with Crippen LogP contribution in [0.4, 0.5) is 0 Å². The van der Waals surface area contributed by atoms with E-state index in [1.165, 1.54) is 12.1 Å². The molecule has 0 unspecified atom stereocenters. The molecule has 0 bridgehead atoms. The molecule has 0 atom stereocenters. The zero-order chi connectivity index (χ0) is 20.8. The molecule has 0 aromatic carbocycles. The van der Waals surface area contributed by atoms with Crippen molar-refractivity contribution in [3.05, 3.63) is 55.4 Å². The summed E-state index contributed by atoms with van der Waals surface area (Å²) in [4.78, 5) is 9.89. The molecule has 28 heavy (non-hydrogen) atoms. The Balaban J connectivity index is 0.000000264. The molecule has 5 heteroatoms. The van der Waals surface area contributed by atoms with Gasteiger partial charge in [-0.3, -0.25) is 0 Å². The van der Waals surface area contributed by atoms with Crippen molar-refractivity contribution >= 4 is 11.0 Å². The largest absolute Gasteiger partial charge is 0.349 e. The van der Waals surface area contributed by atoms with Crippen LogP contribution in [0, 0.1) is 0 Å². The van der Waals surface area contributed by atoms with Crippen molar-refractivity contribution in [3.63, 3.8) is 0 Å². The van der Waals surface area contributed by atoms with E-state index >= 15 is 0 Å². The maximum absolute atomic E-state index is 4.28. The van der Waals surface area contributed by atoms with Crippen LogP contribution in [0.15, 0.2) is 55.4 Å². The summed E-state index contributed by atoms with van der Waals surface area (Å²) in [6, 6.07) is 10.3. The Morgan fingerprint density at radius 2 is 2.00 bits per heavy atom. The summed E-state index contributed by atoms with van der Waals surface area (Å²) in [7, 11) is 4.18. The van der Waals surface area contributed by atoms with E-state index < -0.39 is 0 Å². The number of likely N-dealkylation sites (N-methyl/N-ethyl adjacent to an activating group) is 1. The number of aromatic nitrogens is 3. The molecule has 3 aromatic heterocycles. The Morgan fingerprint density at radius 1 is 1.25 bits per heavy atom. The van der Waals surface area contributed by atoms with E-state index in [0.29, 0.717) is 0 Å². The van der Waals surface area contributed by atoms with Gasteiger partial charge in [0.15, 0.2) is 0 Å². The van der Waals surface area contributed by atoms with Crippen molar-refractivity contribution in [1.29, 1.82) is 0 Å². The van der Waals surface area contributed by atoms with Crippen molar-refractivity contribution < 1.29 is 0 Å². The molecule has 5 nitrogen and oxygen atoms in total. The first-order chi connectivity index (χ1) is 13.6. The Kier molecular flexibility index (Phi) is 11.6. The van der Waals surface area contributed by atoms with Crippen LogP contribution in [-0.4, -0.2) is 52.7 Å². The first-order valence-corrected chi connectivity index (χ1v) is 10.1. The first kappa shape index (κ1) is 23.7. The van der Waals surface area contributed by atoms with E-state index in [-0.39, 0.29) is 0 Å². The van der Waals surface area contributed by atoms with Gasteiger partial charge >= 0.3 is 0 Å². The molecule has 0 radical (unpaired) electrons. The van der Waals surface area contributed by atoms with E-state index in [4.69, 9.17) is 0 Å². The van der Waals surface area contributed by atoms with Gasteiger partial charge in [-0.2, -0.15) is 0 Å². The van der Waals surface area contributed by atoms with Gasteiger partial charge in [-0.1, -0.05) is 19.9 Å². The van der Waals surface area contributed by atoms with Crippen LogP contribution < -0.4 is 5.32 Å². The number of pyridine rings is 1. The van der Waals surface area contributed by atoms with Crippen molar-refractivity contribution in [2.45, 2.75) is 27.2 Å². The fraction of sp³-hybridized carbons (Fsp3) is 0.435. The highest BCUT2D eigenvalue weighted by Crippen LogP contribution is 2.22. The lowest BCUT2D eigenvalue weighted by Gasteiger charge is -2.13. The van der Waals surface area contributed by atoms with E-state index in [0.717, 1.165) is 42.9 Å². The quantitative estimate of drug-likeness (QED) is 0.459. The third-order valence-electron chi connectivity index (χ3n) is 4.25. The lowest BCUT2D eigenvalue weighted by Crippen LogP contribution is -2.29. The van der Waals surface area contributed by atoms with Crippen molar-refractivity contribution in [3.8, 4) is 11.4 Å². The second kappa shape index (κ2) is 13.7. The van der Waals surface area contributed by atoms with Crippen LogP contribution in [0.5, 0.6) is 0 Å². The Hall–Kier alpha value is -2.37. The highest BCUT2D eigenvalue weighted by molar-refractivity contribution is 5.82. The minimum absolute atomic E-state index is 0.939. The third kappa shape index (κ3) is 8.11. The number of nitrogens with zero attached hydrogens (tertiary/aromatic N) is 3. The number of hydrogen-bond acceptors (Lipinski definition) is 3. The maximum atomic E-state index is 4.28.